The average molecular weight is 237 g/mol. The minimum Gasteiger partial charge on any atom is -0.359 e. The number of likely N-dealkylation sites (tertiary alicyclic amines) is 1. The van der Waals surface area contributed by atoms with Gasteiger partial charge in [0.25, 0.3) is 5.91 Å². The number of hydrogen-bond donors (Lipinski definition) is 0. The monoisotopic (exact) mass is 237 g/mol. The second-order valence-electron chi connectivity index (χ2n) is 5.81. The summed E-state index contributed by atoms with van der Waals surface area (Å²) in [5, 5.41) is 0. The van der Waals surface area contributed by atoms with Crippen LogP contribution in [0.3, 0.4) is 0 Å². The number of piperidine rings is 1. The molecule has 1 saturated carbocycles. The number of ether oxygens (including phenoxy) is 1. The highest BCUT2D eigenvalue weighted by atomic mass is 16.6. The van der Waals surface area contributed by atoms with Crippen LogP contribution in [0.1, 0.15) is 51.4 Å². The molecule has 2 atom stereocenters. The molecule has 0 spiro atoms. The van der Waals surface area contributed by atoms with Crippen molar-refractivity contribution >= 4 is 5.91 Å². The molecular weight excluding hydrogens is 214 g/mol. The molecule has 0 bridgehead atoms. The van der Waals surface area contributed by atoms with Crippen LogP contribution < -0.4 is 0 Å². The van der Waals surface area contributed by atoms with Crippen molar-refractivity contribution in [2.24, 2.45) is 5.92 Å². The number of carbonyl (C=O) groups is 1. The zero-order chi connectivity index (χ0) is 11.7. The molecule has 1 amide bonds. The molecule has 3 heteroatoms. The van der Waals surface area contributed by atoms with Gasteiger partial charge in [-0.05, 0) is 38.0 Å². The first-order chi connectivity index (χ1) is 8.36. The molecule has 17 heavy (non-hydrogen) atoms. The van der Waals surface area contributed by atoms with Crippen LogP contribution in [0, 0.1) is 5.92 Å². The third kappa shape index (κ3) is 2.49. The first-order valence-corrected chi connectivity index (χ1v) is 7.30. The highest BCUT2D eigenvalue weighted by molar-refractivity contribution is 5.84. The predicted octanol–water partition coefficient (Wildman–Crippen LogP) is 2.35. The zero-order valence-electron chi connectivity index (χ0n) is 10.6. The summed E-state index contributed by atoms with van der Waals surface area (Å²) in [6, 6.07) is 0. The quantitative estimate of drug-likeness (QED) is 0.691. The van der Waals surface area contributed by atoms with E-state index in [0.29, 0.717) is 5.92 Å². The summed E-state index contributed by atoms with van der Waals surface area (Å²) >= 11 is 0. The van der Waals surface area contributed by atoms with Crippen LogP contribution >= 0.6 is 0 Å². The van der Waals surface area contributed by atoms with E-state index in [4.69, 9.17) is 4.74 Å². The molecule has 0 radical (unpaired) electrons. The Balaban J connectivity index is 1.51. The van der Waals surface area contributed by atoms with Gasteiger partial charge in [-0.3, -0.25) is 4.79 Å². The van der Waals surface area contributed by atoms with Gasteiger partial charge in [-0.2, -0.15) is 0 Å². The smallest absolute Gasteiger partial charge is 0.254 e. The van der Waals surface area contributed by atoms with Gasteiger partial charge in [-0.1, -0.05) is 19.3 Å². The van der Waals surface area contributed by atoms with Crippen molar-refractivity contribution in [1.29, 1.82) is 0 Å². The normalized spacial score (nSPS) is 34.7. The van der Waals surface area contributed by atoms with Crippen LogP contribution in [0.5, 0.6) is 0 Å². The van der Waals surface area contributed by atoms with E-state index in [-0.39, 0.29) is 18.1 Å². The second-order valence-corrected chi connectivity index (χ2v) is 5.81. The van der Waals surface area contributed by atoms with Gasteiger partial charge in [-0.15, -0.1) is 0 Å². The largest absolute Gasteiger partial charge is 0.359 e. The standard InChI is InChI=1S/C14H23NO2/c16-14(15-9-5-2-6-10-15)13-12(17-13)11-7-3-1-4-8-11/h11-13H,1-10H2/t12-,13+/m0/s1. The van der Waals surface area contributed by atoms with Crippen molar-refractivity contribution in [3.63, 3.8) is 0 Å². The van der Waals surface area contributed by atoms with E-state index < -0.39 is 0 Å². The third-order valence-electron chi connectivity index (χ3n) is 4.55. The van der Waals surface area contributed by atoms with E-state index in [2.05, 4.69) is 0 Å². The number of hydrogen-bond acceptors (Lipinski definition) is 2. The minimum absolute atomic E-state index is 0.0730. The molecule has 0 aromatic carbocycles. The predicted molar refractivity (Wildman–Crippen MR) is 65.7 cm³/mol. The van der Waals surface area contributed by atoms with Gasteiger partial charge in [0, 0.05) is 13.1 Å². The molecule has 2 aliphatic heterocycles. The number of nitrogens with zero attached hydrogens (tertiary/aromatic N) is 1. The van der Waals surface area contributed by atoms with Crippen LogP contribution in [-0.4, -0.2) is 36.1 Å². The Morgan fingerprint density at radius 2 is 1.59 bits per heavy atom. The molecule has 0 aromatic rings. The fourth-order valence-corrected chi connectivity index (χ4v) is 3.44. The summed E-state index contributed by atoms with van der Waals surface area (Å²) in [6.07, 6.45) is 10.4. The fourth-order valence-electron chi connectivity index (χ4n) is 3.44. The number of carbonyl (C=O) groups excluding carboxylic acids is 1. The number of rotatable bonds is 2. The molecule has 3 nitrogen and oxygen atoms in total. The lowest BCUT2D eigenvalue weighted by atomic mass is 9.86. The average Bonchev–Trinajstić information content (AvgIpc) is 3.20. The number of amides is 1. The summed E-state index contributed by atoms with van der Waals surface area (Å²) in [4.78, 5) is 14.2. The fraction of sp³-hybridized carbons (Fsp3) is 0.929. The van der Waals surface area contributed by atoms with E-state index in [1.165, 1.54) is 51.4 Å². The Bertz CT molecular complexity index is 280. The van der Waals surface area contributed by atoms with Crippen molar-refractivity contribution in [1.82, 2.24) is 4.90 Å². The first kappa shape index (κ1) is 11.5. The van der Waals surface area contributed by atoms with Crippen molar-refractivity contribution in [3.8, 4) is 0 Å². The summed E-state index contributed by atoms with van der Waals surface area (Å²) in [6.45, 7) is 1.91. The van der Waals surface area contributed by atoms with Crippen LogP contribution in [0.2, 0.25) is 0 Å². The van der Waals surface area contributed by atoms with Gasteiger partial charge >= 0.3 is 0 Å². The molecule has 3 aliphatic rings. The molecule has 1 aliphatic carbocycles. The van der Waals surface area contributed by atoms with Gasteiger partial charge in [0.15, 0.2) is 6.10 Å². The molecule has 3 fully saturated rings. The number of epoxide rings is 1. The highest BCUT2D eigenvalue weighted by Gasteiger charge is 2.50. The Morgan fingerprint density at radius 3 is 2.29 bits per heavy atom. The van der Waals surface area contributed by atoms with Gasteiger partial charge < -0.3 is 9.64 Å². The van der Waals surface area contributed by atoms with Gasteiger partial charge in [0.2, 0.25) is 0 Å². The van der Waals surface area contributed by atoms with Gasteiger partial charge in [0.1, 0.15) is 0 Å². The summed E-state index contributed by atoms with van der Waals surface area (Å²) < 4.78 is 5.68. The topological polar surface area (TPSA) is 32.8 Å². The summed E-state index contributed by atoms with van der Waals surface area (Å²) in [5.41, 5.74) is 0. The first-order valence-electron chi connectivity index (χ1n) is 7.30. The van der Waals surface area contributed by atoms with Crippen LogP contribution in [0.4, 0.5) is 0 Å². The maximum Gasteiger partial charge on any atom is 0.254 e. The Hall–Kier alpha value is -0.570. The molecule has 96 valence electrons. The maximum atomic E-state index is 12.2. The highest BCUT2D eigenvalue weighted by Crippen LogP contribution is 2.39. The van der Waals surface area contributed by atoms with E-state index >= 15 is 0 Å². The second kappa shape index (κ2) is 4.97. The van der Waals surface area contributed by atoms with E-state index in [9.17, 15) is 4.79 Å². The molecule has 2 saturated heterocycles. The molecule has 0 aromatic heterocycles. The van der Waals surface area contributed by atoms with Crippen molar-refractivity contribution in [2.45, 2.75) is 63.6 Å². The zero-order valence-corrected chi connectivity index (χ0v) is 10.6. The van der Waals surface area contributed by atoms with Crippen LogP contribution in [-0.2, 0) is 9.53 Å². The van der Waals surface area contributed by atoms with Crippen molar-refractivity contribution < 1.29 is 9.53 Å². The van der Waals surface area contributed by atoms with Gasteiger partial charge in [0.05, 0.1) is 6.10 Å². The lowest BCUT2D eigenvalue weighted by Gasteiger charge is -2.26. The van der Waals surface area contributed by atoms with Gasteiger partial charge in [-0.25, -0.2) is 0 Å². The Labute approximate surface area is 104 Å². The Kier molecular flexibility index (Phi) is 3.37. The van der Waals surface area contributed by atoms with E-state index in [1.54, 1.807) is 0 Å². The molecular formula is C14H23NO2. The molecule has 0 N–H and O–H groups in total. The molecule has 2 heterocycles. The lowest BCUT2D eigenvalue weighted by molar-refractivity contribution is -0.133. The third-order valence-corrected chi connectivity index (χ3v) is 4.55. The summed E-state index contributed by atoms with van der Waals surface area (Å²) in [5.74, 6) is 0.947. The van der Waals surface area contributed by atoms with Crippen molar-refractivity contribution in [3.05, 3.63) is 0 Å². The van der Waals surface area contributed by atoms with E-state index in [0.717, 1.165) is 13.1 Å². The molecule has 0 unspecified atom stereocenters. The molecule has 3 rings (SSSR count). The van der Waals surface area contributed by atoms with E-state index in [1.807, 2.05) is 4.90 Å². The van der Waals surface area contributed by atoms with Crippen molar-refractivity contribution in [2.75, 3.05) is 13.1 Å². The van der Waals surface area contributed by atoms with Crippen LogP contribution in [0.15, 0.2) is 0 Å². The van der Waals surface area contributed by atoms with Crippen LogP contribution in [0.25, 0.3) is 0 Å². The summed E-state index contributed by atoms with van der Waals surface area (Å²) in [7, 11) is 0. The minimum atomic E-state index is -0.0730. The SMILES string of the molecule is O=C([C@@H]1O[C@H]1C1CCCCC1)N1CCCCC1. The Morgan fingerprint density at radius 1 is 0.941 bits per heavy atom. The lowest BCUT2D eigenvalue weighted by Crippen LogP contribution is -2.39. The maximum absolute atomic E-state index is 12.2.